The summed E-state index contributed by atoms with van der Waals surface area (Å²) in [6.45, 7) is 2.31. The molecular formula is C29H38N4O5S. The third-order valence-electron chi connectivity index (χ3n) is 9.44. The van der Waals surface area contributed by atoms with Crippen molar-refractivity contribution in [3.8, 4) is 0 Å². The molecule has 5 aliphatic rings. The molecule has 9 nitrogen and oxygen atoms in total. The topological polar surface area (TPSA) is 123 Å². The molecule has 4 aliphatic carbocycles. The maximum atomic E-state index is 13.0. The highest BCUT2D eigenvalue weighted by Crippen LogP contribution is 2.56. The largest absolute Gasteiger partial charge is 0.385 e. The van der Waals surface area contributed by atoms with E-state index in [9.17, 15) is 18.5 Å². The zero-order valence-electron chi connectivity index (χ0n) is 22.2. The molecule has 4 saturated carbocycles. The quantitative estimate of drug-likeness (QED) is 0.274. The van der Waals surface area contributed by atoms with E-state index >= 15 is 0 Å². The SMILES string of the molecule is O=[N+]([O-])c1cc(S(=O)(=O)NCc2ccc(NCC3C4CC5CC(C4)CC3C5)cc2)ccc1NC1CCOCC1. The molecule has 5 fully saturated rings. The number of hydrogen-bond donors (Lipinski definition) is 3. The van der Waals surface area contributed by atoms with E-state index in [4.69, 9.17) is 4.74 Å². The summed E-state index contributed by atoms with van der Waals surface area (Å²) in [7, 11) is -3.93. The van der Waals surface area contributed by atoms with Crippen LogP contribution in [0, 0.1) is 39.7 Å². The molecular weight excluding hydrogens is 516 g/mol. The summed E-state index contributed by atoms with van der Waals surface area (Å²) in [5.74, 6) is 4.48. The minimum atomic E-state index is -3.93. The third-order valence-corrected chi connectivity index (χ3v) is 10.8. The summed E-state index contributed by atoms with van der Waals surface area (Å²) in [6, 6.07) is 11.9. The number of hydrogen-bond acceptors (Lipinski definition) is 7. The van der Waals surface area contributed by atoms with Crippen LogP contribution < -0.4 is 15.4 Å². The van der Waals surface area contributed by atoms with E-state index in [1.165, 1.54) is 44.2 Å². The van der Waals surface area contributed by atoms with Crippen molar-refractivity contribution in [2.45, 2.75) is 62.4 Å². The van der Waals surface area contributed by atoms with Gasteiger partial charge in [-0.25, -0.2) is 13.1 Å². The van der Waals surface area contributed by atoms with Crippen LogP contribution in [-0.2, 0) is 21.3 Å². The molecule has 0 radical (unpaired) electrons. The highest BCUT2D eigenvalue weighted by Gasteiger charge is 2.47. The summed E-state index contributed by atoms with van der Waals surface area (Å²) < 4.78 is 33.9. The molecule has 2 aromatic rings. The predicted octanol–water partition coefficient (Wildman–Crippen LogP) is 5.15. The second kappa shape index (κ2) is 11.1. The molecule has 0 aromatic heterocycles. The first-order valence-electron chi connectivity index (χ1n) is 14.3. The van der Waals surface area contributed by atoms with Gasteiger partial charge in [0.1, 0.15) is 5.69 Å². The Morgan fingerprint density at radius 1 is 0.923 bits per heavy atom. The maximum absolute atomic E-state index is 13.0. The normalized spacial score (nSPS) is 28.4. The molecule has 3 N–H and O–H groups in total. The van der Waals surface area contributed by atoms with Gasteiger partial charge in [-0.2, -0.15) is 0 Å². The van der Waals surface area contributed by atoms with Crippen LogP contribution in [0.2, 0.25) is 0 Å². The summed E-state index contributed by atoms with van der Waals surface area (Å²) in [5.41, 5.74) is 1.95. The van der Waals surface area contributed by atoms with E-state index in [-0.39, 0.29) is 23.2 Å². The van der Waals surface area contributed by atoms with Crippen LogP contribution in [0.3, 0.4) is 0 Å². The Balaban J connectivity index is 1.04. The molecule has 1 heterocycles. The first-order chi connectivity index (χ1) is 18.8. The number of ether oxygens (including phenoxy) is 1. The molecule has 0 spiro atoms. The van der Waals surface area contributed by atoms with Crippen LogP contribution in [0.15, 0.2) is 47.4 Å². The van der Waals surface area contributed by atoms with Gasteiger partial charge < -0.3 is 15.4 Å². The number of nitrogens with zero attached hydrogens (tertiary/aromatic N) is 1. The molecule has 10 heteroatoms. The van der Waals surface area contributed by atoms with Gasteiger partial charge >= 0.3 is 0 Å². The summed E-state index contributed by atoms with van der Waals surface area (Å²) in [4.78, 5) is 11.0. The average Bonchev–Trinajstić information content (AvgIpc) is 2.92. The van der Waals surface area contributed by atoms with Crippen molar-refractivity contribution in [3.63, 3.8) is 0 Å². The van der Waals surface area contributed by atoms with Gasteiger partial charge in [-0.05, 0) is 104 Å². The molecule has 2 aromatic carbocycles. The number of anilines is 2. The van der Waals surface area contributed by atoms with Gasteiger partial charge in [-0.15, -0.1) is 0 Å². The fraction of sp³-hybridized carbons (Fsp3) is 0.586. The second-order valence-electron chi connectivity index (χ2n) is 12.0. The minimum absolute atomic E-state index is 0.0587. The molecule has 1 aliphatic heterocycles. The maximum Gasteiger partial charge on any atom is 0.293 e. The summed E-state index contributed by atoms with van der Waals surface area (Å²) in [6.07, 6.45) is 8.61. The number of nitro groups is 1. The Labute approximate surface area is 230 Å². The van der Waals surface area contributed by atoms with Gasteiger partial charge in [0.2, 0.25) is 10.0 Å². The van der Waals surface area contributed by atoms with Gasteiger partial charge in [-0.3, -0.25) is 10.1 Å². The van der Waals surface area contributed by atoms with Crippen LogP contribution in [0.4, 0.5) is 17.1 Å². The fourth-order valence-corrected chi connectivity index (χ4v) is 8.66. The van der Waals surface area contributed by atoms with E-state index < -0.39 is 14.9 Å². The monoisotopic (exact) mass is 554 g/mol. The minimum Gasteiger partial charge on any atom is -0.385 e. The molecule has 0 amide bonds. The third kappa shape index (κ3) is 5.93. The van der Waals surface area contributed by atoms with E-state index in [1.807, 2.05) is 24.3 Å². The molecule has 0 unspecified atom stereocenters. The van der Waals surface area contributed by atoms with Crippen molar-refractivity contribution in [1.29, 1.82) is 0 Å². The zero-order valence-corrected chi connectivity index (χ0v) is 23.0. The molecule has 210 valence electrons. The number of benzene rings is 2. The van der Waals surface area contributed by atoms with E-state index in [0.29, 0.717) is 18.9 Å². The zero-order chi connectivity index (χ0) is 27.0. The standard InChI is InChI=1S/C29H38N4O5S/c34-33(35)29-16-26(5-6-28(29)32-25-7-9-38-10-8-25)39(36,37)31-17-19-1-3-24(4-2-19)30-18-27-22-12-20-11-21(14-22)15-23(27)13-20/h1-6,16,20-23,25,27,30-32H,7-15,17-18H2. The smallest absolute Gasteiger partial charge is 0.293 e. The van der Waals surface area contributed by atoms with Crippen LogP contribution in [0.25, 0.3) is 0 Å². The lowest BCUT2D eigenvalue weighted by atomic mass is 9.52. The van der Waals surface area contributed by atoms with E-state index in [0.717, 1.165) is 66.3 Å². The number of nitrogens with one attached hydrogen (secondary N) is 3. The lowest BCUT2D eigenvalue weighted by Gasteiger charge is -2.54. The number of nitro benzene ring substituents is 1. The Kier molecular flexibility index (Phi) is 7.52. The number of sulfonamides is 1. The summed E-state index contributed by atoms with van der Waals surface area (Å²) in [5, 5.41) is 18.5. The van der Waals surface area contributed by atoms with Crippen molar-refractivity contribution in [2.24, 2.45) is 29.6 Å². The lowest BCUT2D eigenvalue weighted by Crippen LogP contribution is -2.47. The van der Waals surface area contributed by atoms with Crippen LogP contribution in [0.5, 0.6) is 0 Å². The highest BCUT2D eigenvalue weighted by molar-refractivity contribution is 7.89. The van der Waals surface area contributed by atoms with Gasteiger partial charge in [0.15, 0.2) is 0 Å². The van der Waals surface area contributed by atoms with E-state index in [2.05, 4.69) is 15.4 Å². The van der Waals surface area contributed by atoms with Crippen molar-refractivity contribution < 1.29 is 18.1 Å². The van der Waals surface area contributed by atoms with Crippen LogP contribution >= 0.6 is 0 Å². The Bertz CT molecular complexity index is 1270. The van der Waals surface area contributed by atoms with Crippen LogP contribution in [-0.4, -0.2) is 39.1 Å². The molecule has 7 rings (SSSR count). The number of rotatable bonds is 10. The van der Waals surface area contributed by atoms with Crippen molar-refractivity contribution in [3.05, 3.63) is 58.1 Å². The first kappa shape index (κ1) is 26.5. The van der Waals surface area contributed by atoms with Crippen molar-refractivity contribution in [2.75, 3.05) is 30.4 Å². The molecule has 0 atom stereocenters. The predicted molar refractivity (Wildman–Crippen MR) is 150 cm³/mol. The Hall–Kier alpha value is -2.69. The van der Waals surface area contributed by atoms with Gasteiger partial charge in [0.25, 0.3) is 5.69 Å². The van der Waals surface area contributed by atoms with Gasteiger partial charge in [0, 0.05) is 44.1 Å². The van der Waals surface area contributed by atoms with Crippen molar-refractivity contribution in [1.82, 2.24) is 4.72 Å². The van der Waals surface area contributed by atoms with Crippen LogP contribution in [0.1, 0.15) is 50.5 Å². The molecule has 4 bridgehead atoms. The van der Waals surface area contributed by atoms with Crippen molar-refractivity contribution >= 4 is 27.1 Å². The average molecular weight is 555 g/mol. The van der Waals surface area contributed by atoms with Gasteiger partial charge in [0.05, 0.1) is 9.82 Å². The molecule has 1 saturated heterocycles. The summed E-state index contributed by atoms with van der Waals surface area (Å²) >= 11 is 0. The highest BCUT2D eigenvalue weighted by atomic mass is 32.2. The second-order valence-corrected chi connectivity index (χ2v) is 13.7. The first-order valence-corrected chi connectivity index (χ1v) is 15.8. The Morgan fingerprint density at radius 2 is 1.59 bits per heavy atom. The fourth-order valence-electron chi connectivity index (χ4n) is 7.62. The lowest BCUT2D eigenvalue weighted by molar-refractivity contribution is -0.384. The van der Waals surface area contributed by atoms with Gasteiger partial charge in [-0.1, -0.05) is 12.1 Å². The van der Waals surface area contributed by atoms with E-state index in [1.54, 1.807) is 0 Å². The molecule has 39 heavy (non-hydrogen) atoms. The Morgan fingerprint density at radius 3 is 2.23 bits per heavy atom.